The van der Waals surface area contributed by atoms with Crippen LogP contribution in [0.2, 0.25) is 5.02 Å². The van der Waals surface area contributed by atoms with E-state index in [2.05, 4.69) is 40.5 Å². The molecule has 0 amide bonds. The molecule has 4 N–H and O–H groups in total. The molecule has 0 heterocycles. The second kappa shape index (κ2) is 8.67. The van der Waals surface area contributed by atoms with Gasteiger partial charge in [-0.3, -0.25) is 10.9 Å². The van der Waals surface area contributed by atoms with Gasteiger partial charge in [0.1, 0.15) is 0 Å². The van der Waals surface area contributed by atoms with Gasteiger partial charge in [-0.05, 0) is 66.8 Å². The summed E-state index contributed by atoms with van der Waals surface area (Å²) in [4.78, 5) is 0. The van der Waals surface area contributed by atoms with Crippen molar-refractivity contribution in [2.45, 2.75) is 13.3 Å². The Morgan fingerprint density at radius 2 is 1.48 bits per heavy atom. The summed E-state index contributed by atoms with van der Waals surface area (Å²) in [6, 6.07) is 15.4. The summed E-state index contributed by atoms with van der Waals surface area (Å²) in [5, 5.41) is 7.55. The van der Waals surface area contributed by atoms with Crippen LogP contribution in [-0.2, 0) is 6.42 Å². The van der Waals surface area contributed by atoms with Gasteiger partial charge in [-0.1, -0.05) is 36.7 Å². The molecule has 0 saturated heterocycles. The Labute approximate surface area is 151 Å². The lowest BCUT2D eigenvalue weighted by atomic mass is 10.1. The fourth-order valence-corrected chi connectivity index (χ4v) is 2.40. The van der Waals surface area contributed by atoms with Gasteiger partial charge in [0.15, 0.2) is 10.2 Å². The molecule has 0 atom stereocenters. The fourth-order valence-electron chi connectivity index (χ4n) is 1.87. The minimum Gasteiger partial charge on any atom is -0.331 e. The quantitative estimate of drug-likeness (QED) is 0.486. The number of hydrogen-bond donors (Lipinski definition) is 4. The van der Waals surface area contributed by atoms with Crippen molar-refractivity contribution >= 4 is 57.6 Å². The van der Waals surface area contributed by atoms with Crippen LogP contribution < -0.4 is 21.5 Å². The monoisotopic (exact) mass is 364 g/mol. The lowest BCUT2D eigenvalue weighted by Crippen LogP contribution is -2.45. The topological polar surface area (TPSA) is 48.1 Å². The van der Waals surface area contributed by atoms with Crippen molar-refractivity contribution in [2.24, 2.45) is 0 Å². The van der Waals surface area contributed by atoms with Gasteiger partial charge < -0.3 is 10.6 Å². The number of benzene rings is 2. The molecule has 2 aromatic rings. The second-order valence-corrected chi connectivity index (χ2v) is 5.98. The maximum Gasteiger partial charge on any atom is 0.189 e. The van der Waals surface area contributed by atoms with E-state index in [0.29, 0.717) is 15.2 Å². The molecule has 2 rings (SSSR count). The molecule has 23 heavy (non-hydrogen) atoms. The third-order valence-electron chi connectivity index (χ3n) is 2.97. The van der Waals surface area contributed by atoms with E-state index >= 15 is 0 Å². The largest absolute Gasteiger partial charge is 0.331 e. The van der Waals surface area contributed by atoms with Crippen molar-refractivity contribution in [2.75, 3.05) is 10.6 Å². The van der Waals surface area contributed by atoms with Gasteiger partial charge in [-0.25, -0.2) is 0 Å². The minimum absolute atomic E-state index is 0.388. The highest BCUT2D eigenvalue weighted by Crippen LogP contribution is 2.14. The van der Waals surface area contributed by atoms with Crippen LogP contribution in [0.25, 0.3) is 0 Å². The number of rotatable bonds is 3. The number of nitrogens with one attached hydrogen (secondary N) is 4. The van der Waals surface area contributed by atoms with Crippen molar-refractivity contribution in [1.29, 1.82) is 0 Å². The zero-order valence-electron chi connectivity index (χ0n) is 12.5. The Morgan fingerprint density at radius 1 is 0.913 bits per heavy atom. The summed E-state index contributed by atoms with van der Waals surface area (Å²) in [5.41, 5.74) is 8.63. The van der Waals surface area contributed by atoms with Crippen molar-refractivity contribution < 1.29 is 0 Å². The molecule has 0 saturated carbocycles. The van der Waals surface area contributed by atoms with Gasteiger partial charge in [0.25, 0.3) is 0 Å². The van der Waals surface area contributed by atoms with Crippen molar-refractivity contribution in [3.63, 3.8) is 0 Å². The van der Waals surface area contributed by atoms with Gasteiger partial charge in [0.05, 0.1) is 0 Å². The Morgan fingerprint density at radius 3 is 2.04 bits per heavy atom. The van der Waals surface area contributed by atoms with Crippen LogP contribution in [-0.4, -0.2) is 10.2 Å². The maximum absolute atomic E-state index is 5.92. The molecule has 0 unspecified atom stereocenters. The predicted octanol–water partition coefficient (Wildman–Crippen LogP) is 4.09. The van der Waals surface area contributed by atoms with Crippen LogP contribution in [0.15, 0.2) is 48.5 Å². The highest BCUT2D eigenvalue weighted by molar-refractivity contribution is 7.81. The van der Waals surface area contributed by atoms with Gasteiger partial charge in [-0.15, -0.1) is 0 Å². The van der Waals surface area contributed by atoms with E-state index in [1.54, 1.807) is 12.1 Å². The first-order chi connectivity index (χ1) is 11.1. The molecule has 0 fully saturated rings. The van der Waals surface area contributed by atoms with Crippen molar-refractivity contribution in [3.05, 3.63) is 59.1 Å². The number of aryl methyl sites for hydroxylation is 1. The zero-order chi connectivity index (χ0) is 16.7. The average molecular weight is 365 g/mol. The second-order valence-electron chi connectivity index (χ2n) is 4.72. The average Bonchev–Trinajstić information content (AvgIpc) is 2.53. The Kier molecular flexibility index (Phi) is 6.58. The number of thiocarbonyl (C=S) groups is 2. The molecular weight excluding hydrogens is 348 g/mol. The molecule has 120 valence electrons. The first-order valence-electron chi connectivity index (χ1n) is 7.05. The SMILES string of the molecule is CCc1cccc(NC(=S)NNC(=S)Nc2cccc(Cl)c2)c1. The van der Waals surface area contributed by atoms with Crippen LogP contribution in [0.1, 0.15) is 12.5 Å². The molecule has 0 aliphatic carbocycles. The van der Waals surface area contributed by atoms with Crippen LogP contribution in [0.4, 0.5) is 11.4 Å². The van der Waals surface area contributed by atoms with E-state index < -0.39 is 0 Å². The zero-order valence-corrected chi connectivity index (χ0v) is 14.9. The van der Waals surface area contributed by atoms with E-state index in [1.807, 2.05) is 24.3 Å². The van der Waals surface area contributed by atoms with Crippen LogP contribution in [0, 0.1) is 0 Å². The first-order valence-corrected chi connectivity index (χ1v) is 8.25. The maximum atomic E-state index is 5.92. The van der Waals surface area contributed by atoms with E-state index in [0.717, 1.165) is 17.8 Å². The third-order valence-corrected chi connectivity index (χ3v) is 3.61. The lowest BCUT2D eigenvalue weighted by Gasteiger charge is -2.14. The molecule has 0 radical (unpaired) electrons. The Bertz CT molecular complexity index is 706. The van der Waals surface area contributed by atoms with Crippen molar-refractivity contribution in [1.82, 2.24) is 10.9 Å². The number of hydrazine groups is 1. The smallest absolute Gasteiger partial charge is 0.189 e. The fraction of sp³-hybridized carbons (Fsp3) is 0.125. The third kappa shape index (κ3) is 6.02. The summed E-state index contributed by atoms with van der Waals surface area (Å²) >= 11 is 16.3. The van der Waals surface area contributed by atoms with Gasteiger partial charge in [0.2, 0.25) is 0 Å². The summed E-state index contributed by atoms with van der Waals surface area (Å²) in [6.45, 7) is 2.11. The predicted molar refractivity (Wildman–Crippen MR) is 106 cm³/mol. The highest BCUT2D eigenvalue weighted by atomic mass is 35.5. The highest BCUT2D eigenvalue weighted by Gasteiger charge is 2.01. The van der Waals surface area contributed by atoms with E-state index in [9.17, 15) is 0 Å². The van der Waals surface area contributed by atoms with E-state index in [-0.39, 0.29) is 0 Å². The Hall–Kier alpha value is -1.89. The van der Waals surface area contributed by atoms with Gasteiger partial charge in [0, 0.05) is 16.4 Å². The van der Waals surface area contributed by atoms with E-state index in [1.165, 1.54) is 5.56 Å². The summed E-state index contributed by atoms with van der Waals surface area (Å²) < 4.78 is 0. The van der Waals surface area contributed by atoms with Crippen LogP contribution in [0.3, 0.4) is 0 Å². The number of anilines is 2. The molecule has 0 spiro atoms. The van der Waals surface area contributed by atoms with E-state index in [4.69, 9.17) is 36.0 Å². The summed E-state index contributed by atoms with van der Waals surface area (Å²) in [5.74, 6) is 0. The summed E-state index contributed by atoms with van der Waals surface area (Å²) in [6.07, 6.45) is 0.974. The first kappa shape index (κ1) is 17.5. The van der Waals surface area contributed by atoms with Crippen molar-refractivity contribution in [3.8, 4) is 0 Å². The minimum atomic E-state index is 0.388. The van der Waals surface area contributed by atoms with Crippen LogP contribution in [0.5, 0.6) is 0 Å². The van der Waals surface area contributed by atoms with Gasteiger partial charge in [-0.2, -0.15) is 0 Å². The molecule has 0 aliphatic rings. The molecule has 0 bridgehead atoms. The number of hydrogen-bond acceptors (Lipinski definition) is 2. The molecule has 0 aromatic heterocycles. The lowest BCUT2D eigenvalue weighted by molar-refractivity contribution is 0.885. The Balaban J connectivity index is 1.80. The molecular formula is C16H17ClN4S2. The molecule has 7 heteroatoms. The van der Waals surface area contributed by atoms with Gasteiger partial charge >= 0.3 is 0 Å². The summed E-state index contributed by atoms with van der Waals surface area (Å²) in [7, 11) is 0. The number of halogens is 1. The molecule has 2 aromatic carbocycles. The molecule has 0 aliphatic heterocycles. The normalized spacial score (nSPS) is 9.83. The standard InChI is InChI=1S/C16H17ClN4S2/c1-2-11-5-3-7-13(9-11)18-15(22)20-21-16(23)19-14-8-4-6-12(17)10-14/h3-10H,2H2,1H3,(H2,18,20,22)(H2,19,21,23). The molecule has 4 nitrogen and oxygen atoms in total. The van der Waals surface area contributed by atoms with Crippen LogP contribution >= 0.6 is 36.0 Å².